The van der Waals surface area contributed by atoms with Crippen molar-refractivity contribution in [2.45, 2.75) is 6.42 Å². The minimum Gasteiger partial charge on any atom is -0.294 e. The van der Waals surface area contributed by atoms with E-state index in [1.807, 2.05) is 18.2 Å². The van der Waals surface area contributed by atoms with Crippen molar-refractivity contribution in [1.29, 1.82) is 0 Å². The fraction of sp³-hybridized carbons (Fsp3) is 0.0588. The van der Waals surface area contributed by atoms with E-state index in [2.05, 4.69) is 9.98 Å². The Labute approximate surface area is 121 Å². The van der Waals surface area contributed by atoms with Crippen molar-refractivity contribution in [2.24, 2.45) is 4.99 Å². The van der Waals surface area contributed by atoms with Gasteiger partial charge in [-0.1, -0.05) is 36.4 Å². The van der Waals surface area contributed by atoms with Crippen molar-refractivity contribution >= 4 is 28.7 Å². The highest BCUT2D eigenvalue weighted by Gasteiger charge is 2.26. The molecule has 0 radical (unpaired) electrons. The van der Waals surface area contributed by atoms with Gasteiger partial charge in [-0.05, 0) is 23.8 Å². The SMILES string of the molecule is O=C1C=C(c2ccccc2)C(=O)C(=Nc2ccccn2)C1. The third-order valence-electron chi connectivity index (χ3n) is 3.14. The van der Waals surface area contributed by atoms with Crippen LogP contribution in [0.1, 0.15) is 12.0 Å². The van der Waals surface area contributed by atoms with E-state index >= 15 is 0 Å². The van der Waals surface area contributed by atoms with Gasteiger partial charge in [0.15, 0.2) is 11.6 Å². The molecule has 0 atom stereocenters. The highest BCUT2D eigenvalue weighted by Crippen LogP contribution is 2.22. The van der Waals surface area contributed by atoms with Gasteiger partial charge in [0.05, 0.1) is 12.1 Å². The van der Waals surface area contributed by atoms with Gasteiger partial charge in [0.1, 0.15) is 0 Å². The zero-order valence-corrected chi connectivity index (χ0v) is 11.2. The second kappa shape index (κ2) is 5.63. The maximum atomic E-state index is 12.5. The van der Waals surface area contributed by atoms with Gasteiger partial charge in [-0.2, -0.15) is 0 Å². The number of hydrogen-bond donors (Lipinski definition) is 0. The van der Waals surface area contributed by atoms with Gasteiger partial charge in [0.2, 0.25) is 5.78 Å². The molecule has 21 heavy (non-hydrogen) atoms. The lowest BCUT2D eigenvalue weighted by Crippen LogP contribution is -2.24. The summed E-state index contributed by atoms with van der Waals surface area (Å²) in [7, 11) is 0. The number of hydrogen-bond acceptors (Lipinski definition) is 4. The minimum absolute atomic E-state index is 0.0196. The average Bonchev–Trinajstić information content (AvgIpc) is 2.52. The van der Waals surface area contributed by atoms with E-state index in [1.165, 1.54) is 6.08 Å². The van der Waals surface area contributed by atoms with E-state index in [4.69, 9.17) is 0 Å². The predicted molar refractivity (Wildman–Crippen MR) is 80.4 cm³/mol. The van der Waals surface area contributed by atoms with Crippen LogP contribution in [-0.4, -0.2) is 22.3 Å². The molecule has 0 N–H and O–H groups in total. The molecule has 1 heterocycles. The van der Waals surface area contributed by atoms with Crippen LogP contribution in [0.4, 0.5) is 5.82 Å². The van der Waals surface area contributed by atoms with Crippen LogP contribution in [0.25, 0.3) is 5.57 Å². The Hall–Kier alpha value is -2.88. The van der Waals surface area contributed by atoms with Crippen molar-refractivity contribution in [3.8, 4) is 0 Å². The molecule has 1 aliphatic rings. The Kier molecular flexibility index (Phi) is 3.51. The van der Waals surface area contributed by atoms with Gasteiger partial charge in [-0.3, -0.25) is 9.59 Å². The quantitative estimate of drug-likeness (QED) is 0.847. The van der Waals surface area contributed by atoms with Crippen LogP contribution in [0.3, 0.4) is 0 Å². The maximum absolute atomic E-state index is 12.5. The molecule has 2 aromatic rings. The van der Waals surface area contributed by atoms with Gasteiger partial charge in [0, 0.05) is 11.8 Å². The molecule has 0 saturated heterocycles. The highest BCUT2D eigenvalue weighted by atomic mass is 16.1. The lowest BCUT2D eigenvalue weighted by molar-refractivity contribution is -0.115. The summed E-state index contributed by atoms with van der Waals surface area (Å²) in [6.07, 6.45) is 3.02. The molecule has 4 heteroatoms. The first-order valence-electron chi connectivity index (χ1n) is 6.57. The number of Topliss-reactive ketones (excluding diaryl/α,β-unsaturated/α-hetero) is 1. The number of aromatic nitrogens is 1. The molecule has 1 aromatic carbocycles. The van der Waals surface area contributed by atoms with E-state index in [1.54, 1.807) is 36.5 Å². The predicted octanol–water partition coefficient (Wildman–Crippen LogP) is 2.78. The number of rotatable bonds is 2. The summed E-state index contributed by atoms with van der Waals surface area (Å²) < 4.78 is 0. The van der Waals surface area contributed by atoms with E-state index in [0.717, 1.165) is 5.56 Å². The third-order valence-corrected chi connectivity index (χ3v) is 3.14. The van der Waals surface area contributed by atoms with Gasteiger partial charge >= 0.3 is 0 Å². The van der Waals surface area contributed by atoms with Crippen LogP contribution in [0.5, 0.6) is 0 Å². The topological polar surface area (TPSA) is 59.4 Å². The first-order valence-corrected chi connectivity index (χ1v) is 6.57. The number of pyridine rings is 1. The summed E-state index contributed by atoms with van der Waals surface area (Å²) >= 11 is 0. The Morgan fingerprint density at radius 1 is 0.952 bits per heavy atom. The Bertz CT molecular complexity index is 747. The normalized spacial score (nSPS) is 17.0. The zero-order chi connectivity index (χ0) is 14.7. The van der Waals surface area contributed by atoms with Crippen molar-refractivity contribution < 1.29 is 9.59 Å². The van der Waals surface area contributed by atoms with Crippen molar-refractivity contribution in [3.05, 3.63) is 66.4 Å². The second-order valence-corrected chi connectivity index (χ2v) is 4.64. The largest absolute Gasteiger partial charge is 0.294 e. The van der Waals surface area contributed by atoms with Gasteiger partial charge < -0.3 is 0 Å². The number of aliphatic imine (C=N–C) groups is 1. The smallest absolute Gasteiger partial charge is 0.208 e. The van der Waals surface area contributed by atoms with Crippen LogP contribution >= 0.6 is 0 Å². The Morgan fingerprint density at radius 3 is 2.43 bits per heavy atom. The number of ketones is 2. The molecule has 0 unspecified atom stereocenters. The number of benzene rings is 1. The van der Waals surface area contributed by atoms with Crippen LogP contribution in [0, 0.1) is 0 Å². The molecule has 0 aliphatic heterocycles. The van der Waals surface area contributed by atoms with Crippen LogP contribution in [-0.2, 0) is 9.59 Å². The molecule has 0 amide bonds. The van der Waals surface area contributed by atoms with Crippen molar-refractivity contribution in [2.75, 3.05) is 0 Å². The molecule has 0 bridgehead atoms. The standard InChI is InChI=1S/C17H12N2O2/c20-13-10-14(12-6-2-1-3-7-12)17(21)15(11-13)19-16-8-4-5-9-18-16/h1-10H,11H2. The molecular formula is C17H12N2O2. The van der Waals surface area contributed by atoms with E-state index in [0.29, 0.717) is 11.4 Å². The maximum Gasteiger partial charge on any atom is 0.208 e. The molecule has 1 aromatic heterocycles. The monoisotopic (exact) mass is 276 g/mol. The minimum atomic E-state index is -0.216. The van der Waals surface area contributed by atoms with Crippen molar-refractivity contribution in [3.63, 3.8) is 0 Å². The number of allylic oxidation sites excluding steroid dienone is 2. The fourth-order valence-corrected chi connectivity index (χ4v) is 2.16. The van der Waals surface area contributed by atoms with Gasteiger partial charge in [0.25, 0.3) is 0 Å². The summed E-state index contributed by atoms with van der Waals surface area (Å²) in [5.74, 6) is 0.0950. The Morgan fingerprint density at radius 2 is 1.71 bits per heavy atom. The first-order chi connectivity index (χ1) is 10.2. The van der Waals surface area contributed by atoms with Crippen LogP contribution in [0.2, 0.25) is 0 Å². The number of carbonyl (C=O) groups is 2. The first kappa shape index (κ1) is 13.1. The zero-order valence-electron chi connectivity index (χ0n) is 11.2. The summed E-state index contributed by atoms with van der Waals surface area (Å²) in [5.41, 5.74) is 1.35. The molecule has 0 saturated carbocycles. The van der Waals surface area contributed by atoms with Crippen molar-refractivity contribution in [1.82, 2.24) is 4.98 Å². The number of nitrogens with zero attached hydrogens (tertiary/aromatic N) is 2. The summed E-state index contributed by atoms with van der Waals surface area (Å²) in [5, 5.41) is 0. The Balaban J connectivity index is 2.00. The second-order valence-electron chi connectivity index (χ2n) is 4.64. The molecule has 4 nitrogen and oxygen atoms in total. The molecule has 1 aliphatic carbocycles. The van der Waals surface area contributed by atoms with Crippen LogP contribution < -0.4 is 0 Å². The summed E-state index contributed by atoms with van der Waals surface area (Å²) in [6.45, 7) is 0. The van der Waals surface area contributed by atoms with E-state index in [-0.39, 0.29) is 23.7 Å². The summed E-state index contributed by atoms with van der Waals surface area (Å²) in [6, 6.07) is 14.4. The van der Waals surface area contributed by atoms with Gasteiger partial charge in [-0.25, -0.2) is 9.98 Å². The molecule has 3 rings (SSSR count). The molecule has 0 spiro atoms. The van der Waals surface area contributed by atoms with E-state index in [9.17, 15) is 9.59 Å². The lowest BCUT2D eigenvalue weighted by atomic mass is 9.90. The number of carbonyl (C=O) groups excluding carboxylic acids is 2. The molecule has 102 valence electrons. The highest BCUT2D eigenvalue weighted by molar-refractivity contribution is 6.61. The van der Waals surface area contributed by atoms with Crippen LogP contribution in [0.15, 0.2) is 65.8 Å². The lowest BCUT2D eigenvalue weighted by Gasteiger charge is -2.13. The molecule has 0 fully saturated rings. The molecular weight excluding hydrogens is 264 g/mol. The fourth-order valence-electron chi connectivity index (χ4n) is 2.16. The average molecular weight is 276 g/mol. The third kappa shape index (κ3) is 2.84. The van der Waals surface area contributed by atoms with E-state index < -0.39 is 0 Å². The van der Waals surface area contributed by atoms with Gasteiger partial charge in [-0.15, -0.1) is 0 Å². The summed E-state index contributed by atoms with van der Waals surface area (Å²) in [4.78, 5) is 32.6.